The van der Waals surface area contributed by atoms with Gasteiger partial charge < -0.3 is 5.32 Å². The van der Waals surface area contributed by atoms with Gasteiger partial charge in [0.15, 0.2) is 0 Å². The maximum atomic E-state index is 13.0. The summed E-state index contributed by atoms with van der Waals surface area (Å²) in [5.41, 5.74) is 1.44. The Kier molecular flexibility index (Phi) is 2.59. The van der Waals surface area contributed by atoms with Gasteiger partial charge in [-0.2, -0.15) is 0 Å². The summed E-state index contributed by atoms with van der Waals surface area (Å²) in [5, 5.41) is 3.13. The summed E-state index contributed by atoms with van der Waals surface area (Å²) in [6.45, 7) is 4.81. The Morgan fingerprint density at radius 2 is 1.90 bits per heavy atom. The Morgan fingerprint density at radius 3 is 2.48 bits per heavy atom. The first-order valence-corrected chi connectivity index (χ1v) is 8.12. The Labute approximate surface area is 126 Å². The third-order valence-corrected chi connectivity index (χ3v) is 6.03. The number of amides is 1. The van der Waals surface area contributed by atoms with Crippen molar-refractivity contribution in [3.8, 4) is 0 Å². The third kappa shape index (κ3) is 2.09. The van der Waals surface area contributed by atoms with Crippen LogP contribution >= 0.6 is 0 Å². The van der Waals surface area contributed by atoms with E-state index in [1.54, 1.807) is 12.4 Å². The fourth-order valence-corrected chi connectivity index (χ4v) is 6.40. The number of carbonyl (C=O) groups excluding carboxylic acids is 1. The van der Waals surface area contributed by atoms with E-state index in [0.29, 0.717) is 10.8 Å². The lowest BCUT2D eigenvalue weighted by Crippen LogP contribution is -2.58. The second-order valence-corrected chi connectivity index (χ2v) is 8.61. The van der Waals surface area contributed by atoms with Gasteiger partial charge in [0.25, 0.3) is 0 Å². The molecule has 0 aromatic carbocycles. The highest BCUT2D eigenvalue weighted by atomic mass is 16.2. The number of carbonyl (C=O) groups is 1. The normalized spacial score (nSPS) is 43.8. The van der Waals surface area contributed by atoms with Crippen LogP contribution in [0.4, 0.5) is 5.69 Å². The lowest BCUT2D eigenvalue weighted by Gasteiger charge is -2.64. The molecule has 4 aliphatic carbocycles. The first-order valence-electron chi connectivity index (χ1n) is 8.12. The topological polar surface area (TPSA) is 42.0 Å². The monoisotopic (exact) mass is 284 g/mol. The molecule has 4 aliphatic rings. The summed E-state index contributed by atoms with van der Waals surface area (Å²) in [5.74, 6) is 0.980. The van der Waals surface area contributed by atoms with E-state index in [2.05, 4.69) is 24.1 Å². The number of hydrogen-bond donors (Lipinski definition) is 1. The second kappa shape index (κ2) is 4.08. The van der Waals surface area contributed by atoms with Gasteiger partial charge in [0.2, 0.25) is 5.91 Å². The number of nitrogens with zero attached hydrogens (tertiary/aromatic N) is 1. The average Bonchev–Trinajstić information content (AvgIpc) is 2.35. The number of hydrogen-bond acceptors (Lipinski definition) is 2. The molecule has 1 N–H and O–H groups in total. The molecule has 0 spiro atoms. The lowest BCUT2D eigenvalue weighted by molar-refractivity contribution is -0.165. The summed E-state index contributed by atoms with van der Waals surface area (Å²) >= 11 is 0. The van der Waals surface area contributed by atoms with Crippen molar-refractivity contribution < 1.29 is 4.79 Å². The Balaban J connectivity index is 1.63. The summed E-state index contributed by atoms with van der Waals surface area (Å²) in [4.78, 5) is 17.1. The number of anilines is 1. The van der Waals surface area contributed by atoms with Crippen molar-refractivity contribution in [3.63, 3.8) is 0 Å². The first kappa shape index (κ1) is 13.3. The molecule has 4 bridgehead atoms. The molecule has 4 fully saturated rings. The van der Waals surface area contributed by atoms with E-state index in [1.807, 2.05) is 12.1 Å². The highest BCUT2D eigenvalue weighted by Gasteiger charge is 2.62. The maximum Gasteiger partial charge on any atom is 0.230 e. The molecule has 0 radical (unpaired) electrons. The molecular weight excluding hydrogens is 260 g/mol. The molecule has 4 saturated carbocycles. The molecule has 0 saturated heterocycles. The molecule has 0 aliphatic heterocycles. The molecule has 1 amide bonds. The number of nitrogens with one attached hydrogen (secondary N) is 1. The molecule has 5 rings (SSSR count). The van der Waals surface area contributed by atoms with Crippen molar-refractivity contribution in [2.45, 2.75) is 52.4 Å². The van der Waals surface area contributed by atoms with Gasteiger partial charge in [-0.05, 0) is 67.4 Å². The van der Waals surface area contributed by atoms with Crippen LogP contribution in [0.1, 0.15) is 52.4 Å². The van der Waals surface area contributed by atoms with E-state index < -0.39 is 0 Å². The minimum absolute atomic E-state index is 0.140. The Bertz CT molecular complexity index is 564. The molecule has 1 heterocycles. The highest BCUT2D eigenvalue weighted by Crippen LogP contribution is 2.69. The van der Waals surface area contributed by atoms with Crippen LogP contribution in [0.15, 0.2) is 24.5 Å². The van der Waals surface area contributed by atoms with Gasteiger partial charge in [0, 0.05) is 6.20 Å². The molecular formula is C18H24N2O. The predicted octanol–water partition coefficient (Wildman–Crippen LogP) is 4.02. The molecule has 21 heavy (non-hydrogen) atoms. The van der Waals surface area contributed by atoms with Crippen LogP contribution in [0.3, 0.4) is 0 Å². The van der Waals surface area contributed by atoms with Crippen LogP contribution in [-0.4, -0.2) is 10.9 Å². The van der Waals surface area contributed by atoms with Gasteiger partial charge in [0.1, 0.15) is 0 Å². The van der Waals surface area contributed by atoms with Crippen LogP contribution in [0.2, 0.25) is 0 Å². The molecule has 4 atom stereocenters. The van der Waals surface area contributed by atoms with Crippen molar-refractivity contribution in [1.29, 1.82) is 0 Å². The van der Waals surface area contributed by atoms with Gasteiger partial charge in [-0.3, -0.25) is 9.78 Å². The lowest BCUT2D eigenvalue weighted by atomic mass is 9.40. The molecule has 1 aromatic rings. The summed E-state index contributed by atoms with van der Waals surface area (Å²) in [6, 6.07) is 3.80. The minimum atomic E-state index is -0.140. The van der Waals surface area contributed by atoms with Crippen LogP contribution in [0.25, 0.3) is 0 Å². The number of rotatable bonds is 2. The zero-order valence-electron chi connectivity index (χ0n) is 13.0. The first-order chi connectivity index (χ1) is 9.91. The number of aromatic nitrogens is 1. The SMILES string of the molecule is C[C@]12CC3CC(C(=O)Nc4cccnc4)(C1)C[C@@](C)(C3)C2. The Hall–Kier alpha value is -1.38. The second-order valence-electron chi connectivity index (χ2n) is 8.61. The van der Waals surface area contributed by atoms with Gasteiger partial charge >= 0.3 is 0 Å². The van der Waals surface area contributed by atoms with Crippen molar-refractivity contribution in [3.05, 3.63) is 24.5 Å². The van der Waals surface area contributed by atoms with Crippen molar-refractivity contribution in [2.75, 3.05) is 5.32 Å². The molecule has 3 nitrogen and oxygen atoms in total. The number of pyridine rings is 1. The van der Waals surface area contributed by atoms with Crippen LogP contribution in [0, 0.1) is 22.2 Å². The van der Waals surface area contributed by atoms with E-state index in [1.165, 1.54) is 19.3 Å². The van der Waals surface area contributed by atoms with Crippen molar-refractivity contribution in [2.24, 2.45) is 22.2 Å². The molecule has 2 unspecified atom stereocenters. The minimum Gasteiger partial charge on any atom is -0.324 e. The predicted molar refractivity (Wildman–Crippen MR) is 82.7 cm³/mol. The third-order valence-electron chi connectivity index (χ3n) is 6.03. The fraction of sp³-hybridized carbons (Fsp3) is 0.667. The molecule has 112 valence electrons. The van der Waals surface area contributed by atoms with Gasteiger partial charge in [-0.15, -0.1) is 0 Å². The fourth-order valence-electron chi connectivity index (χ4n) is 6.40. The zero-order chi connectivity index (χ0) is 14.7. The van der Waals surface area contributed by atoms with Gasteiger partial charge in [-0.25, -0.2) is 0 Å². The molecule has 3 heteroatoms. The quantitative estimate of drug-likeness (QED) is 0.891. The van der Waals surface area contributed by atoms with E-state index in [-0.39, 0.29) is 11.3 Å². The van der Waals surface area contributed by atoms with E-state index in [9.17, 15) is 4.79 Å². The summed E-state index contributed by atoms with van der Waals surface area (Å²) < 4.78 is 0. The standard InChI is InChI=1S/C18H24N2O/c1-16-6-13-7-17(2,10-16)12-18(8-13,11-16)15(21)20-14-4-3-5-19-9-14/h3-5,9,13H,6-8,10-12H2,1-2H3,(H,20,21)/t13?,16-,17+,18?. The van der Waals surface area contributed by atoms with Crippen LogP contribution in [0.5, 0.6) is 0 Å². The smallest absolute Gasteiger partial charge is 0.230 e. The van der Waals surface area contributed by atoms with Gasteiger partial charge in [0.05, 0.1) is 17.3 Å². The van der Waals surface area contributed by atoms with E-state index in [4.69, 9.17) is 0 Å². The van der Waals surface area contributed by atoms with Gasteiger partial charge in [-0.1, -0.05) is 13.8 Å². The van der Waals surface area contributed by atoms with E-state index in [0.717, 1.165) is 30.9 Å². The summed E-state index contributed by atoms with van der Waals surface area (Å²) in [6.07, 6.45) is 10.7. The van der Waals surface area contributed by atoms with Crippen molar-refractivity contribution >= 4 is 11.6 Å². The zero-order valence-corrected chi connectivity index (χ0v) is 13.0. The average molecular weight is 284 g/mol. The van der Waals surface area contributed by atoms with Crippen LogP contribution in [-0.2, 0) is 4.79 Å². The summed E-state index contributed by atoms with van der Waals surface area (Å²) in [7, 11) is 0. The molecule has 1 aromatic heterocycles. The maximum absolute atomic E-state index is 13.0. The largest absolute Gasteiger partial charge is 0.324 e. The van der Waals surface area contributed by atoms with Crippen LogP contribution < -0.4 is 5.32 Å². The van der Waals surface area contributed by atoms with E-state index >= 15 is 0 Å². The Morgan fingerprint density at radius 1 is 1.19 bits per heavy atom. The highest BCUT2D eigenvalue weighted by molar-refractivity contribution is 5.95. The van der Waals surface area contributed by atoms with Crippen molar-refractivity contribution in [1.82, 2.24) is 4.98 Å².